The first kappa shape index (κ1) is 18.2. The first-order chi connectivity index (χ1) is 12.5. The molecule has 0 fully saturated rings. The fourth-order valence-electron chi connectivity index (χ4n) is 2.28. The summed E-state index contributed by atoms with van der Waals surface area (Å²) in [4.78, 5) is 17.0. The van der Waals surface area contributed by atoms with Gasteiger partial charge in [0.1, 0.15) is 27.2 Å². The Hall–Kier alpha value is -2.64. The number of ether oxygens (including phenoxy) is 2. The highest BCUT2D eigenvalue weighted by atomic mass is 35.5. The van der Waals surface area contributed by atoms with Crippen LogP contribution in [0.4, 0.5) is 10.1 Å². The number of aromatic nitrogens is 1. The predicted octanol–water partition coefficient (Wildman–Crippen LogP) is 4.87. The molecule has 8 heteroatoms. The molecule has 1 amide bonds. The topological polar surface area (TPSA) is 60.5 Å². The average Bonchev–Trinajstić information content (AvgIpc) is 3.12. The van der Waals surface area contributed by atoms with Gasteiger partial charge in [-0.15, -0.1) is 11.3 Å². The molecule has 5 nitrogen and oxygen atoms in total. The molecule has 0 bridgehead atoms. The Balaban J connectivity index is 1.86. The molecule has 0 aliphatic rings. The Morgan fingerprint density at radius 2 is 1.92 bits per heavy atom. The van der Waals surface area contributed by atoms with Crippen LogP contribution in [0.5, 0.6) is 11.5 Å². The maximum absolute atomic E-state index is 13.9. The number of hydrogen-bond donors (Lipinski definition) is 1. The molecule has 1 N–H and O–H groups in total. The highest BCUT2D eigenvalue weighted by Crippen LogP contribution is 2.36. The summed E-state index contributed by atoms with van der Waals surface area (Å²) < 4.78 is 24.3. The molecule has 0 aliphatic heterocycles. The largest absolute Gasteiger partial charge is 0.495 e. The van der Waals surface area contributed by atoms with Gasteiger partial charge in [-0.05, 0) is 18.2 Å². The minimum atomic E-state index is -0.398. The molecule has 3 rings (SSSR count). The lowest BCUT2D eigenvalue weighted by atomic mass is 10.2. The minimum absolute atomic E-state index is 0.331. The van der Waals surface area contributed by atoms with Gasteiger partial charge < -0.3 is 14.8 Å². The van der Waals surface area contributed by atoms with E-state index in [1.54, 1.807) is 24.3 Å². The minimum Gasteiger partial charge on any atom is -0.495 e. The van der Waals surface area contributed by atoms with Crippen LogP contribution in [0.2, 0.25) is 5.02 Å². The van der Waals surface area contributed by atoms with Gasteiger partial charge in [0, 0.05) is 11.6 Å². The van der Waals surface area contributed by atoms with Crippen LogP contribution in [-0.2, 0) is 0 Å². The Morgan fingerprint density at radius 3 is 2.62 bits per heavy atom. The van der Waals surface area contributed by atoms with Gasteiger partial charge in [-0.3, -0.25) is 4.79 Å². The second-order valence-corrected chi connectivity index (χ2v) is 6.59. The van der Waals surface area contributed by atoms with Crippen molar-refractivity contribution in [3.05, 3.63) is 58.3 Å². The van der Waals surface area contributed by atoms with Crippen LogP contribution < -0.4 is 14.8 Å². The standard InChI is InChI=1S/C18H14ClFN2O3S/c1-24-14-8-15(25-2)13(7-11(14)19)22-17(23)16-9-21-18(26-16)10-5-3-4-6-12(10)20/h3-9H,1-2H3,(H,22,23). The predicted molar refractivity (Wildman–Crippen MR) is 100 cm³/mol. The number of nitrogens with one attached hydrogen (secondary N) is 1. The van der Waals surface area contributed by atoms with Crippen molar-refractivity contribution in [3.8, 4) is 22.1 Å². The molecule has 0 saturated carbocycles. The summed E-state index contributed by atoms with van der Waals surface area (Å²) >= 11 is 7.20. The van der Waals surface area contributed by atoms with Gasteiger partial charge >= 0.3 is 0 Å². The quantitative estimate of drug-likeness (QED) is 0.672. The Labute approximate surface area is 158 Å². The molecule has 2 aromatic carbocycles. The number of halogens is 2. The van der Waals surface area contributed by atoms with Crippen molar-refractivity contribution < 1.29 is 18.7 Å². The van der Waals surface area contributed by atoms with Gasteiger partial charge in [0.05, 0.1) is 31.1 Å². The van der Waals surface area contributed by atoms with Crippen LogP contribution in [0.25, 0.3) is 10.6 Å². The van der Waals surface area contributed by atoms with Crippen molar-refractivity contribution in [1.82, 2.24) is 4.98 Å². The lowest BCUT2D eigenvalue weighted by molar-refractivity contribution is 0.103. The molecule has 1 aromatic heterocycles. The van der Waals surface area contributed by atoms with Crippen LogP contribution >= 0.6 is 22.9 Å². The first-order valence-corrected chi connectivity index (χ1v) is 8.66. The summed E-state index contributed by atoms with van der Waals surface area (Å²) in [6.07, 6.45) is 1.40. The van der Waals surface area contributed by atoms with Crippen molar-refractivity contribution in [3.63, 3.8) is 0 Å². The normalized spacial score (nSPS) is 10.5. The summed E-state index contributed by atoms with van der Waals surface area (Å²) in [5, 5.41) is 3.48. The molecule has 0 radical (unpaired) electrons. The maximum Gasteiger partial charge on any atom is 0.267 e. The number of hydrogen-bond acceptors (Lipinski definition) is 5. The third kappa shape index (κ3) is 3.63. The van der Waals surface area contributed by atoms with Crippen molar-refractivity contribution in [2.75, 3.05) is 19.5 Å². The van der Waals surface area contributed by atoms with Crippen molar-refractivity contribution >= 4 is 34.5 Å². The number of carbonyl (C=O) groups excluding carboxylic acids is 1. The smallest absolute Gasteiger partial charge is 0.267 e. The summed E-state index contributed by atoms with van der Waals surface area (Å²) in [6.45, 7) is 0. The third-order valence-corrected chi connectivity index (χ3v) is 4.88. The third-order valence-electron chi connectivity index (χ3n) is 3.56. The van der Waals surface area contributed by atoms with E-state index in [0.717, 1.165) is 11.3 Å². The Morgan fingerprint density at radius 1 is 1.19 bits per heavy atom. The number of anilines is 1. The average molecular weight is 393 g/mol. The highest BCUT2D eigenvalue weighted by Gasteiger charge is 2.17. The SMILES string of the molecule is COc1cc(OC)c(NC(=O)c2cnc(-c3ccccc3F)s2)cc1Cl. The lowest BCUT2D eigenvalue weighted by Gasteiger charge is -2.12. The molecular formula is C18H14ClFN2O3S. The second kappa shape index (κ2) is 7.72. The zero-order valence-electron chi connectivity index (χ0n) is 13.9. The molecule has 26 heavy (non-hydrogen) atoms. The fourth-order valence-corrected chi connectivity index (χ4v) is 3.36. The van der Waals surface area contributed by atoms with Gasteiger partial charge in [-0.2, -0.15) is 0 Å². The van der Waals surface area contributed by atoms with Crippen LogP contribution in [0.3, 0.4) is 0 Å². The zero-order valence-corrected chi connectivity index (χ0v) is 15.5. The lowest BCUT2D eigenvalue weighted by Crippen LogP contribution is -2.11. The molecular weight excluding hydrogens is 379 g/mol. The van der Waals surface area contributed by atoms with E-state index < -0.39 is 11.7 Å². The van der Waals surface area contributed by atoms with Crippen LogP contribution in [-0.4, -0.2) is 25.1 Å². The van der Waals surface area contributed by atoms with E-state index in [1.807, 2.05) is 0 Å². The Bertz CT molecular complexity index is 961. The van der Waals surface area contributed by atoms with Crippen LogP contribution in [0.1, 0.15) is 9.67 Å². The van der Waals surface area contributed by atoms with Gasteiger partial charge in [0.15, 0.2) is 0 Å². The number of amides is 1. The molecule has 0 atom stereocenters. The first-order valence-electron chi connectivity index (χ1n) is 7.47. The number of thiazole rings is 1. The molecule has 0 saturated heterocycles. The number of carbonyl (C=O) groups is 1. The van der Waals surface area contributed by atoms with E-state index in [0.29, 0.717) is 37.7 Å². The molecule has 1 heterocycles. The van der Waals surface area contributed by atoms with Crippen molar-refractivity contribution in [2.45, 2.75) is 0 Å². The molecule has 0 unspecified atom stereocenters. The second-order valence-electron chi connectivity index (χ2n) is 5.15. The monoisotopic (exact) mass is 392 g/mol. The zero-order chi connectivity index (χ0) is 18.7. The van der Waals surface area contributed by atoms with Gasteiger partial charge in [-0.1, -0.05) is 23.7 Å². The fraction of sp³-hybridized carbons (Fsp3) is 0.111. The van der Waals surface area contributed by atoms with E-state index in [-0.39, 0.29) is 0 Å². The highest BCUT2D eigenvalue weighted by molar-refractivity contribution is 7.17. The number of methoxy groups -OCH3 is 2. The van der Waals surface area contributed by atoms with Crippen molar-refractivity contribution in [2.24, 2.45) is 0 Å². The van der Waals surface area contributed by atoms with Gasteiger partial charge in [0.25, 0.3) is 5.91 Å². The van der Waals surface area contributed by atoms with E-state index in [9.17, 15) is 9.18 Å². The summed E-state index contributed by atoms with van der Waals surface area (Å²) in [7, 11) is 2.96. The van der Waals surface area contributed by atoms with E-state index in [4.69, 9.17) is 21.1 Å². The molecule has 0 aliphatic carbocycles. The van der Waals surface area contributed by atoms with E-state index in [2.05, 4.69) is 10.3 Å². The van der Waals surface area contributed by atoms with Crippen LogP contribution in [0, 0.1) is 5.82 Å². The maximum atomic E-state index is 13.9. The van der Waals surface area contributed by atoms with E-state index in [1.165, 1.54) is 32.5 Å². The van der Waals surface area contributed by atoms with Crippen LogP contribution in [0.15, 0.2) is 42.6 Å². The van der Waals surface area contributed by atoms with Gasteiger partial charge in [0.2, 0.25) is 0 Å². The van der Waals surface area contributed by atoms with Gasteiger partial charge in [-0.25, -0.2) is 9.37 Å². The number of rotatable bonds is 5. The van der Waals surface area contributed by atoms with E-state index >= 15 is 0 Å². The molecule has 3 aromatic rings. The number of nitrogens with zero attached hydrogens (tertiary/aromatic N) is 1. The van der Waals surface area contributed by atoms with Crippen molar-refractivity contribution in [1.29, 1.82) is 0 Å². The Kier molecular flexibility index (Phi) is 5.39. The summed E-state index contributed by atoms with van der Waals surface area (Å²) in [5.41, 5.74) is 0.741. The molecule has 134 valence electrons. The summed E-state index contributed by atoms with van der Waals surface area (Å²) in [5.74, 6) is 0.0432. The number of benzene rings is 2. The molecule has 0 spiro atoms. The summed E-state index contributed by atoms with van der Waals surface area (Å²) in [6, 6.07) is 9.39.